The van der Waals surface area contributed by atoms with Crippen LogP contribution in [0, 0.1) is 0 Å². The van der Waals surface area contributed by atoms with Crippen molar-refractivity contribution < 1.29 is 0 Å². The summed E-state index contributed by atoms with van der Waals surface area (Å²) in [7, 11) is 0. The molecule has 0 bridgehead atoms. The second-order valence-corrected chi connectivity index (χ2v) is 4.23. The van der Waals surface area contributed by atoms with Crippen LogP contribution < -0.4 is 11.5 Å². The minimum absolute atomic E-state index is 0.412. The number of aliphatic imine (C=N–C) groups is 1. The smallest absolute Gasteiger partial charge is 0.147 e. The molecule has 18 heavy (non-hydrogen) atoms. The van der Waals surface area contributed by atoms with Gasteiger partial charge in [-0.05, 0) is 37.0 Å². The summed E-state index contributed by atoms with van der Waals surface area (Å²) in [6.07, 6.45) is 8.38. The van der Waals surface area contributed by atoms with Crippen LogP contribution in [0.3, 0.4) is 0 Å². The van der Waals surface area contributed by atoms with E-state index in [2.05, 4.69) is 23.0 Å². The highest BCUT2D eigenvalue weighted by molar-refractivity contribution is 6.00. The molecule has 0 aromatic carbocycles. The first-order valence-corrected chi connectivity index (χ1v) is 6.15. The van der Waals surface area contributed by atoms with E-state index in [0.29, 0.717) is 11.5 Å². The molecule has 2 rings (SSSR count). The Bertz CT molecular complexity index is 512. The molecule has 0 amide bonds. The molecule has 0 aliphatic carbocycles. The third kappa shape index (κ3) is 2.59. The number of allylic oxidation sites excluding steroid dienone is 2. The molecular formula is C14H18N4. The number of hydrogen-bond donors (Lipinski definition) is 2. The van der Waals surface area contributed by atoms with Crippen LogP contribution in [0.4, 0.5) is 0 Å². The topological polar surface area (TPSA) is 77.3 Å². The van der Waals surface area contributed by atoms with Crippen molar-refractivity contribution >= 4 is 11.5 Å². The van der Waals surface area contributed by atoms with Crippen LogP contribution in [0.5, 0.6) is 0 Å². The molecule has 2 heterocycles. The molecule has 0 unspecified atom stereocenters. The Labute approximate surface area is 107 Å². The van der Waals surface area contributed by atoms with E-state index >= 15 is 0 Å². The van der Waals surface area contributed by atoms with Gasteiger partial charge in [-0.25, -0.2) is 4.99 Å². The van der Waals surface area contributed by atoms with Crippen molar-refractivity contribution in [1.82, 2.24) is 4.98 Å². The van der Waals surface area contributed by atoms with Crippen LogP contribution in [-0.4, -0.2) is 10.8 Å². The van der Waals surface area contributed by atoms with Gasteiger partial charge in [0.2, 0.25) is 0 Å². The van der Waals surface area contributed by atoms with Crippen molar-refractivity contribution in [2.45, 2.75) is 26.2 Å². The van der Waals surface area contributed by atoms with E-state index < -0.39 is 0 Å². The van der Waals surface area contributed by atoms with E-state index in [9.17, 15) is 0 Å². The van der Waals surface area contributed by atoms with Gasteiger partial charge in [-0.1, -0.05) is 13.0 Å². The molecule has 0 spiro atoms. The van der Waals surface area contributed by atoms with Crippen molar-refractivity contribution in [2.75, 3.05) is 0 Å². The largest absolute Gasteiger partial charge is 0.396 e. The maximum absolute atomic E-state index is 6.03. The predicted molar refractivity (Wildman–Crippen MR) is 74.6 cm³/mol. The molecule has 4 heteroatoms. The molecule has 1 aromatic heterocycles. The number of hydrogen-bond acceptors (Lipinski definition) is 4. The molecule has 0 saturated heterocycles. The van der Waals surface area contributed by atoms with Crippen molar-refractivity contribution in [1.29, 1.82) is 0 Å². The molecule has 0 fully saturated rings. The molecule has 4 N–H and O–H groups in total. The first-order chi connectivity index (χ1) is 8.72. The van der Waals surface area contributed by atoms with Gasteiger partial charge in [-0.2, -0.15) is 0 Å². The van der Waals surface area contributed by atoms with E-state index in [4.69, 9.17) is 11.5 Å². The van der Waals surface area contributed by atoms with Gasteiger partial charge in [0.15, 0.2) is 0 Å². The molecule has 0 atom stereocenters. The van der Waals surface area contributed by atoms with Gasteiger partial charge in [0.25, 0.3) is 0 Å². The van der Waals surface area contributed by atoms with Gasteiger partial charge >= 0.3 is 0 Å². The molecule has 1 aliphatic rings. The van der Waals surface area contributed by atoms with E-state index in [-0.39, 0.29) is 0 Å². The molecule has 0 saturated carbocycles. The van der Waals surface area contributed by atoms with Crippen LogP contribution in [0.25, 0.3) is 5.70 Å². The number of rotatable bonds is 2. The molecule has 1 aliphatic heterocycles. The van der Waals surface area contributed by atoms with E-state index in [1.165, 1.54) is 5.57 Å². The monoisotopic (exact) mass is 242 g/mol. The molecule has 4 nitrogen and oxygen atoms in total. The Kier molecular flexibility index (Phi) is 3.77. The number of aromatic nitrogens is 1. The van der Waals surface area contributed by atoms with Crippen LogP contribution in [0.2, 0.25) is 0 Å². The van der Waals surface area contributed by atoms with Crippen LogP contribution in [0.1, 0.15) is 31.7 Å². The summed E-state index contributed by atoms with van der Waals surface area (Å²) in [4.78, 5) is 8.43. The van der Waals surface area contributed by atoms with Crippen molar-refractivity contribution in [2.24, 2.45) is 16.5 Å². The quantitative estimate of drug-likeness (QED) is 0.834. The van der Waals surface area contributed by atoms with Crippen molar-refractivity contribution in [3.8, 4) is 0 Å². The summed E-state index contributed by atoms with van der Waals surface area (Å²) >= 11 is 0. The highest BCUT2D eigenvalue weighted by atomic mass is 14.9. The Balaban J connectivity index is 2.39. The SMILES string of the molecule is CC/C1=C(N)/C(N)=N/C(c2ccncc2)=C\CC1. The minimum Gasteiger partial charge on any atom is -0.396 e. The first kappa shape index (κ1) is 12.4. The summed E-state index contributed by atoms with van der Waals surface area (Å²) in [5, 5.41) is 0. The third-order valence-electron chi connectivity index (χ3n) is 3.08. The Morgan fingerprint density at radius 1 is 1.22 bits per heavy atom. The van der Waals surface area contributed by atoms with Gasteiger partial charge in [0, 0.05) is 18.0 Å². The Morgan fingerprint density at radius 2 is 1.94 bits per heavy atom. The lowest BCUT2D eigenvalue weighted by molar-refractivity contribution is 0.889. The van der Waals surface area contributed by atoms with E-state index in [1.807, 2.05) is 12.1 Å². The Hall–Kier alpha value is -2.10. The lowest BCUT2D eigenvalue weighted by atomic mass is 10.0. The maximum Gasteiger partial charge on any atom is 0.147 e. The minimum atomic E-state index is 0.412. The normalized spacial score (nSPS) is 26.5. The van der Waals surface area contributed by atoms with Gasteiger partial charge in [-0.15, -0.1) is 0 Å². The highest BCUT2D eigenvalue weighted by Gasteiger charge is 2.10. The van der Waals surface area contributed by atoms with Gasteiger partial charge in [0.1, 0.15) is 5.84 Å². The van der Waals surface area contributed by atoms with Crippen LogP contribution in [0.15, 0.2) is 46.9 Å². The molecular weight excluding hydrogens is 224 g/mol. The third-order valence-corrected chi connectivity index (χ3v) is 3.08. The zero-order valence-corrected chi connectivity index (χ0v) is 10.6. The summed E-state index contributed by atoms with van der Waals surface area (Å²) in [6, 6.07) is 3.84. The molecule has 0 radical (unpaired) electrons. The molecule has 1 aromatic rings. The maximum atomic E-state index is 6.03. The summed E-state index contributed by atoms with van der Waals surface area (Å²) in [6.45, 7) is 2.09. The van der Waals surface area contributed by atoms with Gasteiger partial charge < -0.3 is 11.5 Å². The fourth-order valence-electron chi connectivity index (χ4n) is 2.01. The molecule has 94 valence electrons. The standard InChI is InChI=1S/C14H18N4/c1-2-10-4-3-5-12(18-14(16)13(10)15)11-6-8-17-9-7-11/h5-9H,2-4,15H2,1H3,(H2,16,18)/b12-5-,13-10+. The average molecular weight is 242 g/mol. The number of nitrogens with two attached hydrogens (primary N) is 2. The lowest BCUT2D eigenvalue weighted by Crippen LogP contribution is -2.23. The predicted octanol–water partition coefficient (Wildman–Crippen LogP) is 2.20. The Morgan fingerprint density at radius 3 is 2.61 bits per heavy atom. The number of amidine groups is 1. The summed E-state index contributed by atoms with van der Waals surface area (Å²) in [5.74, 6) is 0.412. The zero-order chi connectivity index (χ0) is 13.0. The zero-order valence-electron chi connectivity index (χ0n) is 10.6. The van der Waals surface area contributed by atoms with Gasteiger partial charge in [-0.3, -0.25) is 4.98 Å². The number of pyridine rings is 1. The van der Waals surface area contributed by atoms with Crippen LogP contribution in [-0.2, 0) is 0 Å². The van der Waals surface area contributed by atoms with E-state index in [0.717, 1.165) is 30.5 Å². The van der Waals surface area contributed by atoms with Gasteiger partial charge in [0.05, 0.1) is 11.4 Å². The lowest BCUT2D eigenvalue weighted by Gasteiger charge is -2.13. The second-order valence-electron chi connectivity index (χ2n) is 4.23. The number of nitrogens with zero attached hydrogens (tertiary/aromatic N) is 2. The first-order valence-electron chi connectivity index (χ1n) is 6.15. The van der Waals surface area contributed by atoms with E-state index in [1.54, 1.807) is 12.4 Å². The van der Waals surface area contributed by atoms with Crippen LogP contribution >= 0.6 is 0 Å². The van der Waals surface area contributed by atoms with Crippen molar-refractivity contribution in [3.05, 3.63) is 47.4 Å². The summed E-state index contributed by atoms with van der Waals surface area (Å²) < 4.78 is 0. The highest BCUT2D eigenvalue weighted by Crippen LogP contribution is 2.22. The van der Waals surface area contributed by atoms with Crippen molar-refractivity contribution in [3.63, 3.8) is 0 Å². The fraction of sp³-hybridized carbons (Fsp3) is 0.286. The second kappa shape index (κ2) is 5.49. The summed E-state index contributed by atoms with van der Waals surface area (Å²) in [5.41, 5.74) is 15.7. The average Bonchev–Trinajstić information content (AvgIpc) is 2.41. The fourth-order valence-corrected chi connectivity index (χ4v) is 2.01.